The van der Waals surface area contributed by atoms with E-state index in [0.29, 0.717) is 17.7 Å². The molecule has 0 aromatic heterocycles. The van der Waals surface area contributed by atoms with Gasteiger partial charge in [0.15, 0.2) is 0 Å². The molecule has 1 amide bonds. The number of rotatable bonds is 6. The molecule has 1 saturated heterocycles. The second kappa shape index (κ2) is 10.0. The van der Waals surface area contributed by atoms with Crippen molar-refractivity contribution < 1.29 is 18.0 Å². The van der Waals surface area contributed by atoms with E-state index in [1.165, 1.54) is 0 Å². The smallest absolute Gasteiger partial charge is 0.326 e. The van der Waals surface area contributed by atoms with Gasteiger partial charge in [-0.25, -0.2) is 0 Å². The van der Waals surface area contributed by atoms with Crippen molar-refractivity contribution in [3.63, 3.8) is 0 Å². The van der Waals surface area contributed by atoms with Gasteiger partial charge in [0.1, 0.15) is 0 Å². The Morgan fingerprint density at radius 2 is 1.78 bits per heavy atom. The van der Waals surface area contributed by atoms with E-state index in [1.807, 2.05) is 27.0 Å². The van der Waals surface area contributed by atoms with E-state index in [1.54, 1.807) is 18.2 Å². The van der Waals surface area contributed by atoms with Crippen LogP contribution < -0.4 is 11.1 Å². The number of likely N-dealkylation sites (N-methyl/N-ethyl adjacent to an activating group) is 1. The van der Waals surface area contributed by atoms with Gasteiger partial charge in [-0.05, 0) is 60.0 Å². The van der Waals surface area contributed by atoms with E-state index in [-0.39, 0.29) is 18.2 Å². The Hall–Kier alpha value is -2.42. The molecule has 0 bridgehead atoms. The number of carbonyl (C=O) groups is 1. The standard InChI is InChI=1S/C24H31F3N4O/c1-16(2)22-5-4-18(12-19(22)14-28)23(32)29-21-11-17(10-20(13-21)24(25,26)27)15-31-8-6-30(3)7-9-31/h4-5,10-13,16H,6-9,14-15,28H2,1-3H3,(H,29,32). The quantitative estimate of drug-likeness (QED) is 0.692. The summed E-state index contributed by atoms with van der Waals surface area (Å²) in [5, 5.41) is 2.65. The highest BCUT2D eigenvalue weighted by Gasteiger charge is 2.31. The molecule has 0 unspecified atom stereocenters. The highest BCUT2D eigenvalue weighted by Crippen LogP contribution is 2.32. The highest BCUT2D eigenvalue weighted by atomic mass is 19.4. The molecule has 1 aliphatic rings. The van der Waals surface area contributed by atoms with Gasteiger partial charge in [-0.15, -0.1) is 0 Å². The van der Waals surface area contributed by atoms with E-state index in [9.17, 15) is 18.0 Å². The lowest BCUT2D eigenvalue weighted by molar-refractivity contribution is -0.137. The minimum atomic E-state index is -4.50. The number of hydrogen-bond donors (Lipinski definition) is 2. The van der Waals surface area contributed by atoms with Crippen molar-refractivity contribution in [2.24, 2.45) is 5.73 Å². The number of nitrogens with two attached hydrogens (primary N) is 1. The molecular weight excluding hydrogens is 417 g/mol. The van der Waals surface area contributed by atoms with Crippen LogP contribution in [0.25, 0.3) is 0 Å². The molecule has 2 aromatic rings. The zero-order chi connectivity index (χ0) is 23.5. The predicted octanol–water partition coefficient (Wildman–Crippen LogP) is 4.29. The van der Waals surface area contributed by atoms with Gasteiger partial charge in [-0.1, -0.05) is 19.9 Å². The van der Waals surface area contributed by atoms with E-state index in [2.05, 4.69) is 15.1 Å². The van der Waals surface area contributed by atoms with Crippen molar-refractivity contribution >= 4 is 11.6 Å². The lowest BCUT2D eigenvalue weighted by atomic mass is 9.95. The van der Waals surface area contributed by atoms with Crippen LogP contribution in [-0.2, 0) is 19.3 Å². The number of halogens is 3. The van der Waals surface area contributed by atoms with Crippen molar-refractivity contribution in [1.29, 1.82) is 0 Å². The minimum Gasteiger partial charge on any atom is -0.326 e. The summed E-state index contributed by atoms with van der Waals surface area (Å²) in [7, 11) is 2.03. The van der Waals surface area contributed by atoms with Crippen LogP contribution in [0.2, 0.25) is 0 Å². The van der Waals surface area contributed by atoms with Gasteiger partial charge in [-0.3, -0.25) is 9.69 Å². The first kappa shape index (κ1) is 24.2. The number of benzene rings is 2. The zero-order valence-corrected chi connectivity index (χ0v) is 18.8. The molecular formula is C24H31F3N4O. The monoisotopic (exact) mass is 448 g/mol. The Balaban J connectivity index is 1.84. The van der Waals surface area contributed by atoms with Crippen LogP contribution in [0.4, 0.5) is 18.9 Å². The third-order valence-corrected chi connectivity index (χ3v) is 5.83. The predicted molar refractivity (Wildman–Crippen MR) is 121 cm³/mol. The fourth-order valence-electron chi connectivity index (χ4n) is 3.97. The molecule has 0 atom stereocenters. The summed E-state index contributed by atoms with van der Waals surface area (Å²) in [5.41, 5.74) is 8.00. The highest BCUT2D eigenvalue weighted by molar-refractivity contribution is 6.04. The van der Waals surface area contributed by atoms with E-state index >= 15 is 0 Å². The number of nitrogens with zero attached hydrogens (tertiary/aromatic N) is 2. The molecule has 3 rings (SSSR count). The zero-order valence-electron chi connectivity index (χ0n) is 18.8. The maximum absolute atomic E-state index is 13.5. The SMILES string of the molecule is CC(C)c1ccc(C(=O)Nc2cc(CN3CCN(C)CC3)cc(C(F)(F)F)c2)cc1CN. The van der Waals surface area contributed by atoms with Gasteiger partial charge in [0, 0.05) is 50.5 Å². The van der Waals surface area contributed by atoms with Crippen LogP contribution >= 0.6 is 0 Å². The Labute approximate surface area is 187 Å². The summed E-state index contributed by atoms with van der Waals surface area (Å²) in [6.45, 7) is 8.10. The fraction of sp³-hybridized carbons (Fsp3) is 0.458. The van der Waals surface area contributed by atoms with E-state index in [0.717, 1.165) is 49.4 Å². The number of carbonyl (C=O) groups excluding carboxylic acids is 1. The molecule has 0 spiro atoms. The average Bonchev–Trinajstić information content (AvgIpc) is 2.74. The van der Waals surface area contributed by atoms with E-state index in [4.69, 9.17) is 5.73 Å². The van der Waals surface area contributed by atoms with Crippen LogP contribution in [-0.4, -0.2) is 48.9 Å². The lowest BCUT2D eigenvalue weighted by Crippen LogP contribution is -2.43. The van der Waals surface area contributed by atoms with Crippen LogP contribution in [0.5, 0.6) is 0 Å². The maximum atomic E-state index is 13.5. The number of piperazine rings is 1. The molecule has 1 aliphatic heterocycles. The van der Waals surface area contributed by atoms with E-state index < -0.39 is 17.6 Å². The Kier molecular flexibility index (Phi) is 7.59. The van der Waals surface area contributed by atoms with Crippen LogP contribution in [0.3, 0.4) is 0 Å². The second-order valence-electron chi connectivity index (χ2n) is 8.72. The third kappa shape index (κ3) is 6.09. The minimum absolute atomic E-state index is 0.135. The number of hydrogen-bond acceptors (Lipinski definition) is 4. The number of anilines is 1. The van der Waals surface area contributed by atoms with Crippen molar-refractivity contribution in [3.05, 3.63) is 64.2 Å². The van der Waals surface area contributed by atoms with Gasteiger partial charge in [0.25, 0.3) is 5.91 Å². The average molecular weight is 449 g/mol. The topological polar surface area (TPSA) is 61.6 Å². The number of nitrogens with one attached hydrogen (secondary N) is 1. The molecule has 3 N–H and O–H groups in total. The van der Waals surface area contributed by atoms with Crippen LogP contribution in [0.1, 0.15) is 52.4 Å². The van der Waals surface area contributed by atoms with Crippen LogP contribution in [0, 0.1) is 0 Å². The van der Waals surface area contributed by atoms with Gasteiger partial charge < -0.3 is 16.0 Å². The largest absolute Gasteiger partial charge is 0.416 e. The first-order valence-electron chi connectivity index (χ1n) is 10.8. The summed E-state index contributed by atoms with van der Waals surface area (Å²) >= 11 is 0. The van der Waals surface area contributed by atoms with Crippen LogP contribution in [0.15, 0.2) is 36.4 Å². The molecule has 1 heterocycles. The Morgan fingerprint density at radius 3 is 2.38 bits per heavy atom. The molecule has 2 aromatic carbocycles. The Bertz CT molecular complexity index is 951. The number of amides is 1. The molecule has 174 valence electrons. The molecule has 0 radical (unpaired) electrons. The molecule has 0 aliphatic carbocycles. The fourth-order valence-corrected chi connectivity index (χ4v) is 3.97. The molecule has 8 heteroatoms. The summed E-state index contributed by atoms with van der Waals surface area (Å²) in [6, 6.07) is 9.02. The Morgan fingerprint density at radius 1 is 1.09 bits per heavy atom. The van der Waals surface area contributed by atoms with Crippen molar-refractivity contribution in [2.45, 2.75) is 39.0 Å². The summed E-state index contributed by atoms with van der Waals surface area (Å²) in [6.07, 6.45) is -4.50. The van der Waals surface area contributed by atoms with Gasteiger partial charge in [0.2, 0.25) is 0 Å². The first-order valence-corrected chi connectivity index (χ1v) is 10.8. The summed E-state index contributed by atoms with van der Waals surface area (Å²) in [4.78, 5) is 17.1. The van der Waals surface area contributed by atoms with Gasteiger partial charge in [0.05, 0.1) is 5.56 Å². The summed E-state index contributed by atoms with van der Waals surface area (Å²) in [5.74, 6) is -0.203. The number of alkyl halides is 3. The molecule has 1 fully saturated rings. The third-order valence-electron chi connectivity index (χ3n) is 5.83. The van der Waals surface area contributed by atoms with Crippen molar-refractivity contribution in [3.8, 4) is 0 Å². The maximum Gasteiger partial charge on any atom is 0.416 e. The second-order valence-corrected chi connectivity index (χ2v) is 8.72. The summed E-state index contributed by atoms with van der Waals surface area (Å²) < 4.78 is 40.5. The first-order chi connectivity index (χ1) is 15.1. The van der Waals surface area contributed by atoms with Gasteiger partial charge in [-0.2, -0.15) is 13.2 Å². The molecule has 32 heavy (non-hydrogen) atoms. The van der Waals surface area contributed by atoms with Crippen molar-refractivity contribution in [2.75, 3.05) is 38.5 Å². The molecule has 0 saturated carbocycles. The normalized spacial score (nSPS) is 15.9. The lowest BCUT2D eigenvalue weighted by Gasteiger charge is -2.32. The van der Waals surface area contributed by atoms with Gasteiger partial charge >= 0.3 is 6.18 Å². The van der Waals surface area contributed by atoms with Crippen molar-refractivity contribution in [1.82, 2.24) is 9.80 Å². The molecule has 5 nitrogen and oxygen atoms in total.